The third-order valence-electron chi connectivity index (χ3n) is 4.37. The summed E-state index contributed by atoms with van der Waals surface area (Å²) in [6.45, 7) is 7.20. The predicted molar refractivity (Wildman–Crippen MR) is 84.4 cm³/mol. The van der Waals surface area contributed by atoms with Gasteiger partial charge in [-0.25, -0.2) is 0 Å². The van der Waals surface area contributed by atoms with Gasteiger partial charge in [-0.2, -0.15) is 0 Å². The fraction of sp³-hybridized carbons (Fsp3) is 0.824. The van der Waals surface area contributed by atoms with Gasteiger partial charge >= 0.3 is 5.97 Å². The lowest BCUT2D eigenvalue weighted by Gasteiger charge is -2.44. The van der Waals surface area contributed by atoms with Crippen LogP contribution in [-0.4, -0.2) is 46.7 Å². The van der Waals surface area contributed by atoms with Crippen LogP contribution < -0.4 is 0 Å². The average molecular weight is 314 g/mol. The fourth-order valence-corrected chi connectivity index (χ4v) is 2.70. The van der Waals surface area contributed by atoms with Crippen molar-refractivity contribution in [2.75, 3.05) is 7.11 Å². The van der Waals surface area contributed by atoms with Gasteiger partial charge in [-0.15, -0.1) is 0 Å². The van der Waals surface area contributed by atoms with E-state index >= 15 is 0 Å². The van der Waals surface area contributed by atoms with Crippen LogP contribution in [0.25, 0.3) is 0 Å². The number of aliphatic hydroxyl groups is 2. The molecule has 1 saturated heterocycles. The molecule has 0 aromatic rings. The molecule has 1 fully saturated rings. The van der Waals surface area contributed by atoms with Crippen molar-refractivity contribution in [3.05, 3.63) is 11.6 Å². The van der Waals surface area contributed by atoms with Crippen molar-refractivity contribution < 1.29 is 24.5 Å². The molecule has 22 heavy (non-hydrogen) atoms. The summed E-state index contributed by atoms with van der Waals surface area (Å²) in [6.07, 6.45) is 4.16. The number of rotatable bonds is 6. The lowest BCUT2D eigenvalue weighted by molar-refractivity contribution is -0.210. The Morgan fingerprint density at radius 2 is 2.14 bits per heavy atom. The lowest BCUT2D eigenvalue weighted by Crippen LogP contribution is -2.53. The van der Waals surface area contributed by atoms with E-state index in [2.05, 4.69) is 4.74 Å². The minimum Gasteiger partial charge on any atom is -0.469 e. The molecule has 0 spiro atoms. The molecule has 1 rings (SSSR count). The summed E-state index contributed by atoms with van der Waals surface area (Å²) >= 11 is 0. The summed E-state index contributed by atoms with van der Waals surface area (Å²) in [5.41, 5.74) is -0.732. The molecule has 0 aliphatic carbocycles. The molecule has 1 aliphatic rings. The molecule has 3 atom stereocenters. The van der Waals surface area contributed by atoms with Crippen LogP contribution in [0.15, 0.2) is 11.6 Å². The number of esters is 1. The molecule has 0 radical (unpaired) electrons. The first-order valence-corrected chi connectivity index (χ1v) is 7.89. The van der Waals surface area contributed by atoms with Crippen molar-refractivity contribution >= 4 is 5.97 Å². The Hall–Kier alpha value is -0.910. The normalized spacial score (nSPS) is 30.2. The lowest BCUT2D eigenvalue weighted by atomic mass is 9.82. The number of carbonyl (C=O) groups excluding carboxylic acids is 1. The molecule has 5 heteroatoms. The van der Waals surface area contributed by atoms with Crippen molar-refractivity contribution in [3.63, 3.8) is 0 Å². The van der Waals surface area contributed by atoms with Crippen LogP contribution in [0, 0.1) is 0 Å². The zero-order valence-electron chi connectivity index (χ0n) is 14.4. The molecule has 1 aliphatic heterocycles. The second-order valence-corrected chi connectivity index (χ2v) is 7.03. The Labute approximate surface area is 133 Å². The maximum atomic E-state index is 11.1. The molecule has 5 nitrogen and oxygen atoms in total. The van der Waals surface area contributed by atoms with Crippen molar-refractivity contribution in [3.8, 4) is 0 Å². The van der Waals surface area contributed by atoms with E-state index in [0.29, 0.717) is 19.3 Å². The number of hydrogen-bond donors (Lipinski definition) is 2. The monoisotopic (exact) mass is 314 g/mol. The van der Waals surface area contributed by atoms with Crippen molar-refractivity contribution in [2.24, 2.45) is 0 Å². The largest absolute Gasteiger partial charge is 0.469 e. The molecule has 0 bridgehead atoms. The zero-order valence-corrected chi connectivity index (χ0v) is 14.4. The van der Waals surface area contributed by atoms with Gasteiger partial charge < -0.3 is 19.7 Å². The van der Waals surface area contributed by atoms with Gasteiger partial charge in [0.05, 0.1) is 36.9 Å². The average Bonchev–Trinajstić information content (AvgIpc) is 2.41. The van der Waals surface area contributed by atoms with Crippen LogP contribution in [0.3, 0.4) is 0 Å². The van der Waals surface area contributed by atoms with Crippen molar-refractivity contribution in [2.45, 2.75) is 83.2 Å². The first kappa shape index (κ1) is 19.1. The van der Waals surface area contributed by atoms with E-state index in [0.717, 1.165) is 12.0 Å². The smallest absolute Gasteiger partial charge is 0.309 e. The van der Waals surface area contributed by atoms with Crippen LogP contribution in [0.1, 0.15) is 59.8 Å². The van der Waals surface area contributed by atoms with E-state index in [-0.39, 0.29) is 24.6 Å². The highest BCUT2D eigenvalue weighted by Gasteiger charge is 2.43. The van der Waals surface area contributed by atoms with Crippen LogP contribution in [0.2, 0.25) is 0 Å². The summed E-state index contributed by atoms with van der Waals surface area (Å²) in [6, 6.07) is 0. The second-order valence-electron chi connectivity index (χ2n) is 7.03. The predicted octanol–water partition coefficient (Wildman–Crippen LogP) is 2.35. The highest BCUT2D eigenvalue weighted by Crippen LogP contribution is 2.35. The Morgan fingerprint density at radius 3 is 2.68 bits per heavy atom. The highest BCUT2D eigenvalue weighted by atomic mass is 16.5. The number of hydrogen-bond acceptors (Lipinski definition) is 5. The van der Waals surface area contributed by atoms with E-state index in [4.69, 9.17) is 4.74 Å². The minimum atomic E-state index is -0.912. The van der Waals surface area contributed by atoms with Crippen LogP contribution in [0.5, 0.6) is 0 Å². The summed E-state index contributed by atoms with van der Waals surface area (Å²) in [5.74, 6) is -0.262. The fourth-order valence-electron chi connectivity index (χ4n) is 2.70. The Kier molecular flexibility index (Phi) is 6.59. The molecule has 0 aromatic carbocycles. The van der Waals surface area contributed by atoms with E-state index < -0.39 is 11.2 Å². The molecule has 0 amide bonds. The van der Waals surface area contributed by atoms with Crippen LogP contribution in [0.4, 0.5) is 0 Å². The third kappa shape index (κ3) is 5.71. The van der Waals surface area contributed by atoms with Crippen LogP contribution >= 0.6 is 0 Å². The third-order valence-corrected chi connectivity index (χ3v) is 4.37. The SMILES string of the molecule is COC(=O)C/C=C(\C)CC[C@H]1O[C@@H](C(C)(C)O)CC[C@]1(C)O. The molecule has 0 aromatic heterocycles. The van der Waals surface area contributed by atoms with Gasteiger partial charge in [-0.05, 0) is 53.4 Å². The molecule has 128 valence electrons. The summed E-state index contributed by atoms with van der Waals surface area (Å²) in [5, 5.41) is 20.6. The van der Waals surface area contributed by atoms with E-state index in [1.807, 2.05) is 13.0 Å². The van der Waals surface area contributed by atoms with Gasteiger partial charge in [0.25, 0.3) is 0 Å². The van der Waals surface area contributed by atoms with E-state index in [1.54, 1.807) is 20.8 Å². The van der Waals surface area contributed by atoms with Gasteiger partial charge in [-0.3, -0.25) is 4.79 Å². The van der Waals surface area contributed by atoms with E-state index in [9.17, 15) is 15.0 Å². The Bertz CT molecular complexity index is 406. The summed E-state index contributed by atoms with van der Waals surface area (Å²) < 4.78 is 10.5. The Balaban J connectivity index is 2.59. The molecule has 2 N–H and O–H groups in total. The molecular weight excluding hydrogens is 284 g/mol. The van der Waals surface area contributed by atoms with Gasteiger partial charge in [0, 0.05) is 0 Å². The first-order valence-electron chi connectivity index (χ1n) is 7.89. The molecule has 1 heterocycles. The maximum Gasteiger partial charge on any atom is 0.309 e. The van der Waals surface area contributed by atoms with Gasteiger partial charge in [-0.1, -0.05) is 11.6 Å². The number of methoxy groups -OCH3 is 1. The van der Waals surface area contributed by atoms with Gasteiger partial charge in [0.2, 0.25) is 0 Å². The number of allylic oxidation sites excluding steroid dienone is 1. The van der Waals surface area contributed by atoms with Crippen LogP contribution in [-0.2, 0) is 14.3 Å². The summed E-state index contributed by atoms with van der Waals surface area (Å²) in [7, 11) is 1.37. The molecular formula is C17H30O5. The van der Waals surface area contributed by atoms with Crippen molar-refractivity contribution in [1.29, 1.82) is 0 Å². The number of ether oxygens (including phenoxy) is 2. The minimum absolute atomic E-state index is 0.260. The molecule has 0 unspecified atom stereocenters. The topological polar surface area (TPSA) is 76.0 Å². The van der Waals surface area contributed by atoms with Crippen molar-refractivity contribution in [1.82, 2.24) is 0 Å². The second kappa shape index (κ2) is 7.57. The van der Waals surface area contributed by atoms with Gasteiger partial charge in [0.1, 0.15) is 0 Å². The Morgan fingerprint density at radius 1 is 1.50 bits per heavy atom. The zero-order chi connectivity index (χ0) is 17.0. The number of carbonyl (C=O) groups is 1. The highest BCUT2D eigenvalue weighted by molar-refractivity contribution is 5.71. The quantitative estimate of drug-likeness (QED) is 0.581. The first-order chi connectivity index (χ1) is 10.1. The molecule has 0 saturated carbocycles. The van der Waals surface area contributed by atoms with E-state index in [1.165, 1.54) is 7.11 Å². The standard InChI is InChI=1S/C17H30O5/c1-12(7-9-15(18)21-5)6-8-14-17(4,20)11-10-13(22-14)16(2,3)19/h7,13-14,19-20H,6,8-11H2,1-5H3/b12-7+/t13-,14-,17+/m1/s1. The maximum absolute atomic E-state index is 11.1. The summed E-state index contributed by atoms with van der Waals surface area (Å²) in [4.78, 5) is 11.1. The van der Waals surface area contributed by atoms with Gasteiger partial charge in [0.15, 0.2) is 0 Å².